The summed E-state index contributed by atoms with van der Waals surface area (Å²) in [6.07, 6.45) is 0. The van der Waals surface area contributed by atoms with Crippen molar-refractivity contribution in [3.8, 4) is 44.5 Å². The molecule has 0 spiro atoms. The van der Waals surface area contributed by atoms with Crippen molar-refractivity contribution in [3.63, 3.8) is 0 Å². The Balaban J connectivity index is 1.16. The first-order valence-corrected chi connectivity index (χ1v) is 24.7. The third-order valence-corrected chi connectivity index (χ3v) is 19.1. The van der Waals surface area contributed by atoms with Gasteiger partial charge >= 0.3 is 0 Å². The summed E-state index contributed by atoms with van der Waals surface area (Å²) in [5.74, 6) is 0. The standard InChI is InChI=1S/C63H47NSi/c1-44-37-51(42-54(38-44)65(53-27-13-6-14-28-53)61-33-19-16-30-57(61)58-31-17-20-34-62(58)65)64(52-40-47(45-21-7-3-8-22-45)39-48(41-52)46-23-9-4-10-24-46)50-35-36-56-55-29-15-18-32-59(55)63(2,60(56)43-50)49-25-11-5-12-26-49/h3-43H,1-2H3. The van der Waals surface area contributed by atoms with Gasteiger partial charge in [0.05, 0.1) is 0 Å². The van der Waals surface area contributed by atoms with E-state index < -0.39 is 8.07 Å². The van der Waals surface area contributed by atoms with Crippen molar-refractivity contribution < 1.29 is 0 Å². The molecule has 0 saturated carbocycles. The zero-order chi connectivity index (χ0) is 43.5. The third-order valence-electron chi connectivity index (χ3n) is 14.2. The molecule has 2 heteroatoms. The summed E-state index contributed by atoms with van der Waals surface area (Å²) in [6, 6.07) is 93.3. The molecule has 1 aliphatic heterocycles. The summed E-state index contributed by atoms with van der Waals surface area (Å²) in [5, 5.41) is 5.67. The molecular formula is C63H47NSi. The molecule has 10 aromatic rings. The molecule has 1 atom stereocenters. The minimum atomic E-state index is -2.82. The van der Waals surface area contributed by atoms with Crippen molar-refractivity contribution in [1.29, 1.82) is 0 Å². The van der Waals surface area contributed by atoms with E-state index in [2.05, 4.69) is 267 Å². The van der Waals surface area contributed by atoms with E-state index in [1.807, 2.05) is 0 Å². The smallest absolute Gasteiger partial charge is 0.180 e. The van der Waals surface area contributed by atoms with Gasteiger partial charge in [0.1, 0.15) is 0 Å². The highest BCUT2D eigenvalue weighted by atomic mass is 28.3. The second kappa shape index (κ2) is 15.5. The third kappa shape index (κ3) is 6.13. The molecule has 0 aromatic heterocycles. The van der Waals surface area contributed by atoms with E-state index in [-0.39, 0.29) is 5.41 Å². The van der Waals surface area contributed by atoms with Gasteiger partial charge in [0.2, 0.25) is 0 Å². The molecule has 1 aliphatic carbocycles. The first kappa shape index (κ1) is 38.9. The van der Waals surface area contributed by atoms with Gasteiger partial charge in [0, 0.05) is 22.5 Å². The van der Waals surface area contributed by atoms with Crippen LogP contribution >= 0.6 is 0 Å². The lowest BCUT2D eigenvalue weighted by atomic mass is 9.74. The number of aryl methyl sites for hydroxylation is 1. The Bertz CT molecular complexity index is 3290. The monoisotopic (exact) mass is 845 g/mol. The first-order chi connectivity index (χ1) is 32.0. The summed E-state index contributed by atoms with van der Waals surface area (Å²) >= 11 is 0. The summed E-state index contributed by atoms with van der Waals surface area (Å²) in [7, 11) is -2.82. The number of rotatable bonds is 8. The number of hydrogen-bond donors (Lipinski definition) is 0. The highest BCUT2D eigenvalue weighted by molar-refractivity contribution is 7.22. The number of hydrogen-bond acceptors (Lipinski definition) is 1. The Morgan fingerprint density at radius 3 is 1.45 bits per heavy atom. The second-order valence-electron chi connectivity index (χ2n) is 17.9. The van der Waals surface area contributed by atoms with Crippen LogP contribution in [0.4, 0.5) is 17.1 Å². The second-order valence-corrected chi connectivity index (χ2v) is 21.6. The van der Waals surface area contributed by atoms with Crippen molar-refractivity contribution in [2.24, 2.45) is 0 Å². The van der Waals surface area contributed by atoms with Crippen LogP contribution in [0.3, 0.4) is 0 Å². The van der Waals surface area contributed by atoms with E-state index in [9.17, 15) is 0 Å². The molecule has 0 saturated heterocycles. The van der Waals surface area contributed by atoms with Gasteiger partial charge in [-0.05, 0) is 144 Å². The van der Waals surface area contributed by atoms with E-state index in [1.165, 1.54) is 87.5 Å². The van der Waals surface area contributed by atoms with Crippen molar-refractivity contribution in [2.75, 3.05) is 4.90 Å². The molecule has 308 valence electrons. The number of nitrogens with zero attached hydrogens (tertiary/aromatic N) is 1. The molecule has 0 amide bonds. The molecule has 2 aliphatic rings. The molecule has 12 rings (SSSR count). The largest absolute Gasteiger partial charge is 0.310 e. The quantitative estimate of drug-likeness (QED) is 0.138. The van der Waals surface area contributed by atoms with Crippen LogP contribution in [-0.2, 0) is 5.41 Å². The first-order valence-electron chi connectivity index (χ1n) is 22.7. The molecular weight excluding hydrogens is 799 g/mol. The lowest BCUT2D eigenvalue weighted by Gasteiger charge is -2.34. The van der Waals surface area contributed by atoms with E-state index >= 15 is 0 Å². The highest BCUT2D eigenvalue weighted by Gasteiger charge is 2.49. The minimum absolute atomic E-state index is 0.352. The minimum Gasteiger partial charge on any atom is -0.310 e. The molecule has 10 aromatic carbocycles. The predicted molar refractivity (Wildman–Crippen MR) is 277 cm³/mol. The van der Waals surface area contributed by atoms with Gasteiger partial charge in [-0.1, -0.05) is 206 Å². The Kier molecular flexibility index (Phi) is 9.26. The fourth-order valence-electron chi connectivity index (χ4n) is 11.3. The summed E-state index contributed by atoms with van der Waals surface area (Å²) < 4.78 is 0. The van der Waals surface area contributed by atoms with Crippen molar-refractivity contribution in [1.82, 2.24) is 0 Å². The van der Waals surface area contributed by atoms with Crippen LogP contribution in [0.15, 0.2) is 249 Å². The van der Waals surface area contributed by atoms with E-state index in [0.717, 1.165) is 17.1 Å². The molecule has 0 fully saturated rings. The Morgan fingerprint density at radius 2 is 0.831 bits per heavy atom. The number of anilines is 3. The van der Waals surface area contributed by atoms with Gasteiger partial charge in [-0.2, -0.15) is 0 Å². The van der Waals surface area contributed by atoms with Crippen molar-refractivity contribution in [2.45, 2.75) is 19.3 Å². The van der Waals surface area contributed by atoms with E-state index in [0.29, 0.717) is 0 Å². The molecule has 1 unspecified atom stereocenters. The van der Waals surface area contributed by atoms with Gasteiger partial charge < -0.3 is 4.90 Å². The average molecular weight is 846 g/mol. The van der Waals surface area contributed by atoms with Crippen LogP contribution in [0.25, 0.3) is 44.5 Å². The van der Waals surface area contributed by atoms with Crippen LogP contribution in [0.1, 0.15) is 29.2 Å². The fraction of sp³-hybridized carbons (Fsp3) is 0.0476. The van der Waals surface area contributed by atoms with Crippen LogP contribution in [-0.4, -0.2) is 8.07 Å². The number of benzene rings is 10. The maximum absolute atomic E-state index is 2.82. The Morgan fingerprint density at radius 1 is 0.338 bits per heavy atom. The normalized spacial score (nSPS) is 15.1. The zero-order valence-electron chi connectivity index (χ0n) is 36.6. The highest BCUT2D eigenvalue weighted by Crippen LogP contribution is 2.54. The van der Waals surface area contributed by atoms with E-state index in [1.54, 1.807) is 0 Å². The Hall–Kier alpha value is -7.78. The van der Waals surface area contributed by atoms with Gasteiger partial charge in [0.15, 0.2) is 8.07 Å². The summed E-state index contributed by atoms with van der Waals surface area (Å²) in [5.41, 5.74) is 18.2. The summed E-state index contributed by atoms with van der Waals surface area (Å²) in [4.78, 5) is 2.55. The van der Waals surface area contributed by atoms with Gasteiger partial charge in [-0.15, -0.1) is 0 Å². The maximum atomic E-state index is 2.55. The molecule has 1 nitrogen and oxygen atoms in total. The fourth-order valence-corrected chi connectivity index (χ4v) is 16.6. The van der Waals surface area contributed by atoms with Crippen molar-refractivity contribution in [3.05, 3.63) is 271 Å². The zero-order valence-corrected chi connectivity index (χ0v) is 37.6. The van der Waals surface area contributed by atoms with Crippen LogP contribution < -0.4 is 25.6 Å². The lowest BCUT2D eigenvalue weighted by molar-refractivity contribution is 0.714. The molecule has 0 radical (unpaired) electrons. The average Bonchev–Trinajstić information content (AvgIpc) is 3.82. The lowest BCUT2D eigenvalue weighted by Crippen LogP contribution is -2.72. The summed E-state index contributed by atoms with van der Waals surface area (Å²) in [6.45, 7) is 4.70. The van der Waals surface area contributed by atoms with E-state index in [4.69, 9.17) is 0 Å². The van der Waals surface area contributed by atoms with Gasteiger partial charge in [-0.25, -0.2) is 0 Å². The predicted octanol–water partition coefficient (Wildman–Crippen LogP) is 13.5. The van der Waals surface area contributed by atoms with Crippen LogP contribution in [0.5, 0.6) is 0 Å². The van der Waals surface area contributed by atoms with Crippen LogP contribution in [0, 0.1) is 6.92 Å². The molecule has 65 heavy (non-hydrogen) atoms. The van der Waals surface area contributed by atoms with Crippen LogP contribution in [0.2, 0.25) is 0 Å². The molecule has 0 N–H and O–H groups in total. The molecule has 1 heterocycles. The molecule has 0 bridgehead atoms. The maximum Gasteiger partial charge on any atom is 0.180 e. The van der Waals surface area contributed by atoms with Gasteiger partial charge in [0.25, 0.3) is 0 Å². The topological polar surface area (TPSA) is 3.24 Å². The number of fused-ring (bicyclic) bond motifs is 6. The Labute approximate surface area is 383 Å². The van der Waals surface area contributed by atoms with Crippen molar-refractivity contribution >= 4 is 45.9 Å². The SMILES string of the molecule is Cc1cc(N(c2cc(-c3ccccc3)cc(-c3ccccc3)c2)c2ccc3c(c2)C(C)(c2ccccc2)c2ccccc2-3)cc([Si]2(c3ccccc3)c3ccccc3-c3ccccc32)c1. The van der Waals surface area contributed by atoms with Gasteiger partial charge in [-0.3, -0.25) is 0 Å².